The summed E-state index contributed by atoms with van der Waals surface area (Å²) in [7, 11) is 1.63. The monoisotopic (exact) mass is 408 g/mol. The van der Waals surface area contributed by atoms with Crippen LogP contribution in [0.5, 0.6) is 5.75 Å². The molecule has 4 unspecified atom stereocenters. The molecule has 1 spiro atoms. The van der Waals surface area contributed by atoms with E-state index in [1.54, 1.807) is 24.3 Å². The molecule has 30 heavy (non-hydrogen) atoms. The summed E-state index contributed by atoms with van der Waals surface area (Å²) < 4.78 is 16.7. The number of amides is 2. The molecule has 5 rings (SSSR count). The topological polar surface area (TPSA) is 81.0 Å². The predicted octanol–water partition coefficient (Wildman–Crippen LogP) is 1.93. The Labute approximate surface area is 174 Å². The summed E-state index contributed by atoms with van der Waals surface area (Å²) in [6, 6.07) is 11.4. The number of nitrogens with zero attached hydrogens (tertiary/aromatic N) is 1. The van der Waals surface area contributed by atoms with Gasteiger partial charge < -0.3 is 24.1 Å². The summed E-state index contributed by atoms with van der Waals surface area (Å²) in [6.45, 7) is 1.33. The maximum atomic E-state index is 13.1. The van der Waals surface area contributed by atoms with Gasteiger partial charge in [0.2, 0.25) is 11.8 Å². The van der Waals surface area contributed by atoms with Crippen LogP contribution in [-0.4, -0.2) is 48.6 Å². The third-order valence-corrected chi connectivity index (χ3v) is 6.28. The molecule has 7 nitrogen and oxygen atoms in total. The van der Waals surface area contributed by atoms with Gasteiger partial charge in [0.15, 0.2) is 0 Å². The van der Waals surface area contributed by atoms with Gasteiger partial charge in [-0.3, -0.25) is 9.59 Å². The molecule has 2 bridgehead atoms. The highest BCUT2D eigenvalue weighted by Gasteiger charge is 2.66. The predicted molar refractivity (Wildman–Crippen MR) is 108 cm³/mol. The number of furan rings is 1. The highest BCUT2D eigenvalue weighted by Crippen LogP contribution is 2.52. The summed E-state index contributed by atoms with van der Waals surface area (Å²) in [5.41, 5.74) is 0.407. The van der Waals surface area contributed by atoms with Crippen LogP contribution >= 0.6 is 0 Å². The van der Waals surface area contributed by atoms with Gasteiger partial charge in [0.05, 0.1) is 44.4 Å². The van der Waals surface area contributed by atoms with Gasteiger partial charge in [0.1, 0.15) is 17.1 Å². The molecule has 7 heteroatoms. The fourth-order valence-electron chi connectivity index (χ4n) is 4.84. The van der Waals surface area contributed by atoms with E-state index in [4.69, 9.17) is 13.9 Å². The van der Waals surface area contributed by atoms with Crippen molar-refractivity contribution in [1.82, 2.24) is 10.2 Å². The molecule has 3 aliphatic heterocycles. The van der Waals surface area contributed by atoms with E-state index in [1.165, 1.54) is 0 Å². The smallest absolute Gasteiger partial charge is 0.230 e. The molecule has 2 aromatic rings. The molecule has 3 aliphatic rings. The Bertz CT molecular complexity index is 968. The van der Waals surface area contributed by atoms with E-state index in [9.17, 15) is 9.59 Å². The molecule has 0 saturated carbocycles. The van der Waals surface area contributed by atoms with Gasteiger partial charge in [-0.2, -0.15) is 0 Å². The first kappa shape index (κ1) is 18.9. The van der Waals surface area contributed by atoms with E-state index in [0.29, 0.717) is 26.1 Å². The Morgan fingerprint density at radius 3 is 2.87 bits per heavy atom. The number of carbonyl (C=O) groups is 2. The van der Waals surface area contributed by atoms with Crippen molar-refractivity contribution in [1.29, 1.82) is 0 Å². The molecule has 1 aromatic carbocycles. The molecule has 0 radical (unpaired) electrons. The minimum atomic E-state index is -0.702. The fourth-order valence-corrected chi connectivity index (χ4v) is 4.84. The quantitative estimate of drug-likeness (QED) is 0.708. The Balaban J connectivity index is 1.24. The van der Waals surface area contributed by atoms with E-state index >= 15 is 0 Å². The first-order valence-electron chi connectivity index (χ1n) is 10.2. The molecule has 2 saturated heterocycles. The van der Waals surface area contributed by atoms with Crippen LogP contribution in [0.2, 0.25) is 0 Å². The standard InChI is InChI=1S/C23H24N2O5/c1-28-16-6-4-15(5-7-16)9-11-24-21(26)19-18-8-10-23(30-18)14-25(22(27)20(19)23)13-17-3-2-12-29-17/h2-8,10,12,18-20H,9,11,13-14H2,1H3,(H,24,26). The lowest BCUT2D eigenvalue weighted by Crippen LogP contribution is -2.44. The molecular formula is C23H24N2O5. The van der Waals surface area contributed by atoms with E-state index in [2.05, 4.69) is 5.32 Å². The van der Waals surface area contributed by atoms with Gasteiger partial charge in [-0.25, -0.2) is 0 Å². The van der Waals surface area contributed by atoms with E-state index in [-0.39, 0.29) is 17.9 Å². The van der Waals surface area contributed by atoms with Crippen LogP contribution in [0.4, 0.5) is 0 Å². The number of likely N-dealkylation sites (tertiary alicyclic amines) is 1. The normalized spacial score (nSPS) is 28.8. The lowest BCUT2D eigenvalue weighted by atomic mass is 9.77. The molecule has 2 amide bonds. The van der Waals surface area contributed by atoms with Gasteiger partial charge in [-0.05, 0) is 36.2 Å². The largest absolute Gasteiger partial charge is 0.497 e. The maximum Gasteiger partial charge on any atom is 0.230 e. The molecule has 0 aliphatic carbocycles. The highest BCUT2D eigenvalue weighted by atomic mass is 16.5. The van der Waals surface area contributed by atoms with Crippen LogP contribution < -0.4 is 10.1 Å². The van der Waals surface area contributed by atoms with Crippen molar-refractivity contribution in [2.45, 2.75) is 24.7 Å². The summed E-state index contributed by atoms with van der Waals surface area (Å²) in [5, 5.41) is 3.00. The Morgan fingerprint density at radius 1 is 1.30 bits per heavy atom. The number of fused-ring (bicyclic) bond motifs is 1. The van der Waals surface area contributed by atoms with E-state index < -0.39 is 17.4 Å². The van der Waals surface area contributed by atoms with Gasteiger partial charge in [-0.15, -0.1) is 0 Å². The van der Waals surface area contributed by atoms with Crippen LogP contribution in [-0.2, 0) is 27.3 Å². The molecule has 156 valence electrons. The molecule has 2 fully saturated rings. The number of carbonyl (C=O) groups excluding carboxylic acids is 2. The van der Waals surface area contributed by atoms with Crippen LogP contribution in [0, 0.1) is 11.8 Å². The van der Waals surface area contributed by atoms with Crippen molar-refractivity contribution >= 4 is 11.8 Å². The zero-order valence-electron chi connectivity index (χ0n) is 16.7. The summed E-state index contributed by atoms with van der Waals surface area (Å²) in [4.78, 5) is 27.9. The van der Waals surface area contributed by atoms with Crippen LogP contribution in [0.15, 0.2) is 59.2 Å². The maximum absolute atomic E-state index is 13.1. The molecule has 1 aromatic heterocycles. The lowest BCUT2D eigenvalue weighted by Gasteiger charge is -2.23. The summed E-state index contributed by atoms with van der Waals surface area (Å²) in [5.74, 6) is 0.367. The minimum absolute atomic E-state index is 0.0476. The zero-order chi connectivity index (χ0) is 20.7. The number of hydrogen-bond donors (Lipinski definition) is 1. The second-order valence-corrected chi connectivity index (χ2v) is 8.06. The van der Waals surface area contributed by atoms with Crippen molar-refractivity contribution in [2.75, 3.05) is 20.2 Å². The van der Waals surface area contributed by atoms with Crippen LogP contribution in [0.25, 0.3) is 0 Å². The average molecular weight is 408 g/mol. The molecule has 1 N–H and O–H groups in total. The average Bonchev–Trinajstić information content (AvgIpc) is 3.52. The number of hydrogen-bond acceptors (Lipinski definition) is 5. The second-order valence-electron chi connectivity index (χ2n) is 8.06. The van der Waals surface area contributed by atoms with Gasteiger partial charge in [0, 0.05) is 6.54 Å². The van der Waals surface area contributed by atoms with E-state index in [0.717, 1.165) is 17.1 Å². The number of nitrogens with one attached hydrogen (secondary N) is 1. The van der Waals surface area contributed by atoms with Crippen LogP contribution in [0.3, 0.4) is 0 Å². The van der Waals surface area contributed by atoms with Crippen molar-refractivity contribution in [3.63, 3.8) is 0 Å². The Morgan fingerprint density at radius 2 is 2.13 bits per heavy atom. The Hall–Kier alpha value is -3.06. The van der Waals surface area contributed by atoms with Crippen LogP contribution in [0.1, 0.15) is 11.3 Å². The zero-order valence-corrected chi connectivity index (χ0v) is 16.7. The molecular weight excluding hydrogens is 384 g/mol. The van der Waals surface area contributed by atoms with Gasteiger partial charge in [-0.1, -0.05) is 24.3 Å². The second kappa shape index (κ2) is 7.32. The fraction of sp³-hybridized carbons (Fsp3) is 0.391. The third-order valence-electron chi connectivity index (χ3n) is 6.28. The number of ether oxygens (including phenoxy) is 2. The van der Waals surface area contributed by atoms with Crippen molar-refractivity contribution in [2.24, 2.45) is 11.8 Å². The minimum Gasteiger partial charge on any atom is -0.497 e. The molecule has 4 atom stereocenters. The highest BCUT2D eigenvalue weighted by molar-refractivity contribution is 5.93. The summed E-state index contributed by atoms with van der Waals surface area (Å²) >= 11 is 0. The first-order valence-corrected chi connectivity index (χ1v) is 10.2. The van der Waals surface area contributed by atoms with Gasteiger partial charge >= 0.3 is 0 Å². The Kier molecular flexibility index (Phi) is 4.62. The van der Waals surface area contributed by atoms with Crippen molar-refractivity contribution < 1.29 is 23.5 Å². The first-order chi connectivity index (χ1) is 14.6. The van der Waals surface area contributed by atoms with E-state index in [1.807, 2.05) is 42.5 Å². The number of rotatable bonds is 7. The van der Waals surface area contributed by atoms with Gasteiger partial charge in [0.25, 0.3) is 0 Å². The third kappa shape index (κ3) is 3.10. The number of benzene rings is 1. The SMILES string of the molecule is COc1ccc(CCNC(=O)C2C3C=CC4(CN(Cc5ccco5)C(=O)C24)O3)cc1. The summed E-state index contributed by atoms with van der Waals surface area (Å²) in [6.07, 6.45) is 5.84. The lowest BCUT2D eigenvalue weighted by molar-refractivity contribution is -0.138. The van der Waals surface area contributed by atoms with Crippen molar-refractivity contribution in [3.8, 4) is 5.75 Å². The molecule has 4 heterocycles. The number of methoxy groups -OCH3 is 1. The van der Waals surface area contributed by atoms with Crippen molar-refractivity contribution in [3.05, 3.63) is 66.1 Å².